The SMILES string of the molecule is COCc1cc(O)ccc1NC(=O)CCNC(=O)OC(C)(C)C. The first-order valence-corrected chi connectivity index (χ1v) is 7.29. The molecule has 128 valence electrons. The van der Waals surface area contributed by atoms with E-state index in [4.69, 9.17) is 9.47 Å². The normalized spacial score (nSPS) is 11.0. The van der Waals surface area contributed by atoms with Crippen LogP contribution in [0.1, 0.15) is 32.8 Å². The van der Waals surface area contributed by atoms with E-state index in [0.29, 0.717) is 11.3 Å². The summed E-state index contributed by atoms with van der Waals surface area (Å²) in [5.41, 5.74) is 0.654. The quantitative estimate of drug-likeness (QED) is 0.698. The number of methoxy groups -OCH3 is 1. The molecule has 7 nitrogen and oxygen atoms in total. The van der Waals surface area contributed by atoms with Gasteiger partial charge in [-0.3, -0.25) is 4.79 Å². The van der Waals surface area contributed by atoms with Gasteiger partial charge in [-0.1, -0.05) is 0 Å². The van der Waals surface area contributed by atoms with Gasteiger partial charge in [0.15, 0.2) is 0 Å². The van der Waals surface area contributed by atoms with Crippen LogP contribution >= 0.6 is 0 Å². The van der Waals surface area contributed by atoms with Gasteiger partial charge in [-0.2, -0.15) is 0 Å². The molecule has 0 aliphatic rings. The van der Waals surface area contributed by atoms with Crippen molar-refractivity contribution in [3.05, 3.63) is 23.8 Å². The van der Waals surface area contributed by atoms with Gasteiger partial charge in [-0.15, -0.1) is 0 Å². The Morgan fingerprint density at radius 2 is 1.96 bits per heavy atom. The fraction of sp³-hybridized carbons (Fsp3) is 0.500. The van der Waals surface area contributed by atoms with Crippen LogP contribution < -0.4 is 10.6 Å². The molecule has 0 spiro atoms. The number of aromatic hydroxyl groups is 1. The lowest BCUT2D eigenvalue weighted by Gasteiger charge is -2.19. The molecule has 3 N–H and O–H groups in total. The number of phenolic OH excluding ortho intramolecular Hbond substituents is 1. The van der Waals surface area contributed by atoms with E-state index >= 15 is 0 Å². The van der Waals surface area contributed by atoms with Crippen LogP contribution in [-0.2, 0) is 20.9 Å². The van der Waals surface area contributed by atoms with Crippen LogP contribution in [0, 0.1) is 0 Å². The molecule has 23 heavy (non-hydrogen) atoms. The smallest absolute Gasteiger partial charge is 0.407 e. The Hall–Kier alpha value is -2.28. The Morgan fingerprint density at radius 3 is 2.57 bits per heavy atom. The minimum absolute atomic E-state index is 0.0987. The van der Waals surface area contributed by atoms with Gasteiger partial charge in [0.2, 0.25) is 5.91 Å². The summed E-state index contributed by atoms with van der Waals surface area (Å²) < 4.78 is 10.1. The first-order valence-electron chi connectivity index (χ1n) is 7.29. The largest absolute Gasteiger partial charge is 0.508 e. The fourth-order valence-corrected chi connectivity index (χ4v) is 1.78. The van der Waals surface area contributed by atoms with Crippen molar-refractivity contribution in [2.75, 3.05) is 19.0 Å². The van der Waals surface area contributed by atoms with Gasteiger partial charge in [0, 0.05) is 31.3 Å². The second-order valence-corrected chi connectivity index (χ2v) is 6.00. The van der Waals surface area contributed by atoms with Gasteiger partial charge < -0.3 is 25.2 Å². The van der Waals surface area contributed by atoms with Crippen molar-refractivity contribution in [3.8, 4) is 5.75 Å². The molecule has 0 fully saturated rings. The van der Waals surface area contributed by atoms with E-state index in [1.165, 1.54) is 19.2 Å². The zero-order valence-corrected chi connectivity index (χ0v) is 13.9. The third-order valence-corrected chi connectivity index (χ3v) is 2.68. The van der Waals surface area contributed by atoms with Crippen LogP contribution in [0.3, 0.4) is 0 Å². The van der Waals surface area contributed by atoms with E-state index < -0.39 is 11.7 Å². The molecule has 7 heteroatoms. The number of nitrogens with one attached hydrogen (secondary N) is 2. The molecular weight excluding hydrogens is 300 g/mol. The Balaban J connectivity index is 2.47. The number of rotatable bonds is 6. The maximum atomic E-state index is 11.9. The van der Waals surface area contributed by atoms with Crippen molar-refractivity contribution < 1.29 is 24.2 Å². The molecular formula is C16H24N2O5. The zero-order chi connectivity index (χ0) is 17.5. The van der Waals surface area contributed by atoms with Crippen molar-refractivity contribution in [1.29, 1.82) is 0 Å². The van der Waals surface area contributed by atoms with Crippen molar-refractivity contribution in [1.82, 2.24) is 5.32 Å². The van der Waals surface area contributed by atoms with Crippen molar-refractivity contribution in [2.45, 2.75) is 39.4 Å². The Labute approximate surface area is 136 Å². The second kappa shape index (κ2) is 8.38. The molecule has 0 aliphatic carbocycles. The summed E-state index contributed by atoms with van der Waals surface area (Å²) in [5.74, 6) is -0.161. The van der Waals surface area contributed by atoms with E-state index in [2.05, 4.69) is 10.6 Å². The van der Waals surface area contributed by atoms with Gasteiger partial charge in [0.25, 0.3) is 0 Å². The molecule has 0 atom stereocenters. The molecule has 0 saturated heterocycles. The zero-order valence-electron chi connectivity index (χ0n) is 13.9. The van der Waals surface area contributed by atoms with Crippen LogP contribution in [-0.4, -0.2) is 36.4 Å². The molecule has 0 aliphatic heterocycles. The van der Waals surface area contributed by atoms with E-state index in [9.17, 15) is 14.7 Å². The highest BCUT2D eigenvalue weighted by Crippen LogP contribution is 2.22. The predicted octanol–water partition coefficient (Wildman–Crippen LogP) is 2.39. The average Bonchev–Trinajstić information content (AvgIpc) is 2.40. The summed E-state index contributed by atoms with van der Waals surface area (Å²) >= 11 is 0. The van der Waals surface area contributed by atoms with E-state index in [-0.39, 0.29) is 31.2 Å². The average molecular weight is 324 g/mol. The van der Waals surface area contributed by atoms with Crippen LogP contribution in [0.2, 0.25) is 0 Å². The van der Waals surface area contributed by atoms with E-state index in [0.717, 1.165) is 0 Å². The lowest BCUT2D eigenvalue weighted by atomic mass is 10.1. The standard InChI is InChI=1S/C16H24N2O5/c1-16(2,3)23-15(21)17-8-7-14(20)18-13-6-5-12(19)9-11(13)10-22-4/h5-6,9,19H,7-8,10H2,1-4H3,(H,17,21)(H,18,20). The molecule has 0 unspecified atom stereocenters. The maximum Gasteiger partial charge on any atom is 0.407 e. The number of amides is 2. The molecule has 0 aromatic heterocycles. The molecule has 1 aromatic rings. The summed E-state index contributed by atoms with van der Waals surface area (Å²) in [6, 6.07) is 4.61. The lowest BCUT2D eigenvalue weighted by Crippen LogP contribution is -2.34. The van der Waals surface area contributed by atoms with Crippen LogP contribution in [0.5, 0.6) is 5.75 Å². The summed E-state index contributed by atoms with van der Waals surface area (Å²) in [5, 5.41) is 14.7. The van der Waals surface area contributed by atoms with Crippen molar-refractivity contribution in [3.63, 3.8) is 0 Å². The van der Waals surface area contributed by atoms with E-state index in [1.807, 2.05) is 0 Å². The highest BCUT2D eigenvalue weighted by atomic mass is 16.6. The number of ether oxygens (including phenoxy) is 2. The minimum Gasteiger partial charge on any atom is -0.508 e. The molecule has 1 aromatic carbocycles. The van der Waals surface area contributed by atoms with Crippen molar-refractivity contribution >= 4 is 17.7 Å². The van der Waals surface area contributed by atoms with Gasteiger partial charge in [0.05, 0.1) is 6.61 Å². The highest BCUT2D eigenvalue weighted by molar-refractivity contribution is 5.91. The van der Waals surface area contributed by atoms with Crippen LogP contribution in [0.4, 0.5) is 10.5 Å². The Bertz CT molecular complexity index is 552. The molecule has 0 radical (unpaired) electrons. The first-order chi connectivity index (χ1) is 10.7. The Morgan fingerprint density at radius 1 is 1.26 bits per heavy atom. The van der Waals surface area contributed by atoms with Gasteiger partial charge in [-0.05, 0) is 39.0 Å². The van der Waals surface area contributed by atoms with Gasteiger partial charge in [0.1, 0.15) is 11.4 Å². The summed E-state index contributed by atoms with van der Waals surface area (Å²) in [6.45, 7) is 5.73. The highest BCUT2D eigenvalue weighted by Gasteiger charge is 2.16. The van der Waals surface area contributed by atoms with Crippen LogP contribution in [0.15, 0.2) is 18.2 Å². The summed E-state index contributed by atoms with van der Waals surface area (Å²) in [7, 11) is 1.53. The number of phenols is 1. The predicted molar refractivity (Wildman–Crippen MR) is 86.3 cm³/mol. The number of hydrogen-bond acceptors (Lipinski definition) is 5. The topological polar surface area (TPSA) is 96.9 Å². The van der Waals surface area contributed by atoms with Gasteiger partial charge in [-0.25, -0.2) is 4.79 Å². The summed E-state index contributed by atoms with van der Waals surface area (Å²) in [6.07, 6.45) is -0.456. The molecule has 2 amide bonds. The number of alkyl carbamates (subject to hydrolysis) is 1. The second-order valence-electron chi connectivity index (χ2n) is 6.00. The van der Waals surface area contributed by atoms with Crippen molar-refractivity contribution in [2.24, 2.45) is 0 Å². The number of carbonyl (C=O) groups excluding carboxylic acids is 2. The van der Waals surface area contributed by atoms with Gasteiger partial charge >= 0.3 is 6.09 Å². The molecule has 0 bridgehead atoms. The monoisotopic (exact) mass is 324 g/mol. The summed E-state index contributed by atoms with van der Waals surface area (Å²) in [4.78, 5) is 23.4. The molecule has 0 heterocycles. The lowest BCUT2D eigenvalue weighted by molar-refractivity contribution is -0.116. The fourth-order valence-electron chi connectivity index (χ4n) is 1.78. The Kier molecular flexibility index (Phi) is 6.84. The molecule has 0 saturated carbocycles. The number of anilines is 1. The number of hydrogen-bond donors (Lipinski definition) is 3. The third kappa shape index (κ3) is 7.51. The number of carbonyl (C=O) groups is 2. The first kappa shape index (κ1) is 18.8. The number of benzene rings is 1. The van der Waals surface area contributed by atoms with E-state index in [1.54, 1.807) is 26.8 Å². The van der Waals surface area contributed by atoms with Crippen LogP contribution in [0.25, 0.3) is 0 Å². The minimum atomic E-state index is -0.576. The molecule has 1 rings (SSSR count). The third-order valence-electron chi connectivity index (χ3n) is 2.68. The maximum absolute atomic E-state index is 11.9.